The molecule has 0 atom stereocenters. The van der Waals surface area contributed by atoms with Gasteiger partial charge in [0.2, 0.25) is 5.91 Å². The summed E-state index contributed by atoms with van der Waals surface area (Å²) in [7, 11) is 3.56. The van der Waals surface area contributed by atoms with Gasteiger partial charge in [-0.3, -0.25) is 4.79 Å². The minimum atomic E-state index is 0.0526. The van der Waals surface area contributed by atoms with Gasteiger partial charge in [0.25, 0.3) is 0 Å². The van der Waals surface area contributed by atoms with Gasteiger partial charge >= 0.3 is 6.03 Å². The summed E-state index contributed by atoms with van der Waals surface area (Å²) >= 11 is 0. The number of carbonyl (C=O) groups is 2. The quantitative estimate of drug-likeness (QED) is 0.763. The Morgan fingerprint density at radius 2 is 1.66 bits per heavy atom. The average molecular weight is 401 g/mol. The lowest BCUT2D eigenvalue weighted by Gasteiger charge is -2.35. The minimum absolute atomic E-state index is 0.0526. The van der Waals surface area contributed by atoms with Crippen LogP contribution in [0.5, 0.6) is 0 Å². The number of piperidine rings is 1. The van der Waals surface area contributed by atoms with Crippen molar-refractivity contribution >= 4 is 11.9 Å². The lowest BCUT2D eigenvalue weighted by Crippen LogP contribution is -2.47. The predicted molar refractivity (Wildman–Crippen MR) is 116 cm³/mol. The highest BCUT2D eigenvalue weighted by molar-refractivity contribution is 5.80. The topological polar surface area (TPSA) is 47.1 Å². The summed E-state index contributed by atoms with van der Waals surface area (Å²) in [6.07, 6.45) is 4.90. The second kappa shape index (κ2) is 10.6. The first-order chi connectivity index (χ1) is 14.0. The summed E-state index contributed by atoms with van der Waals surface area (Å²) < 4.78 is 0. The second-order valence-corrected chi connectivity index (χ2v) is 8.55. The number of hydrogen-bond donors (Lipinski definition) is 0. The first-order valence-corrected chi connectivity index (χ1v) is 11.1. The van der Waals surface area contributed by atoms with E-state index in [1.165, 1.54) is 5.56 Å². The Bertz CT molecular complexity index is 656. The summed E-state index contributed by atoms with van der Waals surface area (Å²) in [6, 6.07) is 10.7. The molecular weight excluding hydrogens is 364 g/mol. The second-order valence-electron chi connectivity index (χ2n) is 8.55. The van der Waals surface area contributed by atoms with Crippen LogP contribution < -0.4 is 0 Å². The zero-order chi connectivity index (χ0) is 20.6. The van der Waals surface area contributed by atoms with E-state index in [0.29, 0.717) is 19.0 Å². The number of amides is 3. The van der Waals surface area contributed by atoms with Crippen LogP contribution in [0.2, 0.25) is 0 Å². The smallest absolute Gasteiger partial charge is 0.319 e. The molecule has 0 spiro atoms. The lowest BCUT2D eigenvalue weighted by molar-refractivity contribution is -0.136. The fourth-order valence-corrected chi connectivity index (χ4v) is 4.43. The Morgan fingerprint density at radius 3 is 2.34 bits per heavy atom. The van der Waals surface area contributed by atoms with Crippen molar-refractivity contribution in [1.82, 2.24) is 19.6 Å². The molecule has 160 valence electrons. The molecule has 2 fully saturated rings. The number of likely N-dealkylation sites (tertiary alicyclic amines) is 1. The van der Waals surface area contributed by atoms with Gasteiger partial charge in [-0.05, 0) is 50.8 Å². The first kappa shape index (κ1) is 21.6. The highest BCUT2D eigenvalue weighted by atomic mass is 16.2. The summed E-state index contributed by atoms with van der Waals surface area (Å²) in [5, 5.41) is 0. The Labute approximate surface area is 175 Å². The summed E-state index contributed by atoms with van der Waals surface area (Å²) in [4.78, 5) is 33.2. The minimum Gasteiger partial charge on any atom is -0.341 e. The monoisotopic (exact) mass is 400 g/mol. The number of aryl methyl sites for hydroxylation is 1. The molecule has 3 rings (SSSR count). The van der Waals surface area contributed by atoms with Crippen LogP contribution in [0.4, 0.5) is 4.79 Å². The highest BCUT2D eigenvalue weighted by Gasteiger charge is 2.31. The SMILES string of the molecule is CN(C)C(=O)N1CCC(C(=O)N2CCCN(CCCc3ccccc3)CC2)CC1. The Balaban J connectivity index is 1.40. The van der Waals surface area contributed by atoms with Crippen molar-refractivity contribution in [2.75, 3.05) is 59.9 Å². The molecule has 1 aromatic carbocycles. The van der Waals surface area contributed by atoms with Crippen LogP contribution in [-0.4, -0.2) is 91.4 Å². The van der Waals surface area contributed by atoms with Crippen LogP contribution in [0.15, 0.2) is 30.3 Å². The molecule has 0 radical (unpaired) electrons. The van der Waals surface area contributed by atoms with Gasteiger partial charge in [0.1, 0.15) is 0 Å². The zero-order valence-electron chi connectivity index (χ0n) is 18.1. The van der Waals surface area contributed by atoms with Gasteiger partial charge in [-0.15, -0.1) is 0 Å². The third kappa shape index (κ3) is 6.20. The third-order valence-corrected chi connectivity index (χ3v) is 6.18. The molecule has 2 aliphatic heterocycles. The molecule has 29 heavy (non-hydrogen) atoms. The van der Waals surface area contributed by atoms with Crippen molar-refractivity contribution in [2.45, 2.75) is 32.1 Å². The Kier molecular flexibility index (Phi) is 7.92. The van der Waals surface area contributed by atoms with E-state index >= 15 is 0 Å². The van der Waals surface area contributed by atoms with Crippen LogP contribution in [0.25, 0.3) is 0 Å². The molecule has 0 aromatic heterocycles. The van der Waals surface area contributed by atoms with Crippen molar-refractivity contribution in [3.05, 3.63) is 35.9 Å². The molecule has 3 amide bonds. The summed E-state index contributed by atoms with van der Waals surface area (Å²) in [5.41, 5.74) is 1.40. The van der Waals surface area contributed by atoms with Crippen molar-refractivity contribution in [2.24, 2.45) is 5.92 Å². The van der Waals surface area contributed by atoms with Crippen LogP contribution in [0.3, 0.4) is 0 Å². The summed E-state index contributed by atoms with van der Waals surface area (Å²) in [5.74, 6) is 0.374. The molecule has 0 aliphatic carbocycles. The van der Waals surface area contributed by atoms with Gasteiger partial charge in [-0.1, -0.05) is 30.3 Å². The average Bonchev–Trinajstić information content (AvgIpc) is 2.99. The fourth-order valence-electron chi connectivity index (χ4n) is 4.43. The van der Waals surface area contributed by atoms with E-state index in [1.54, 1.807) is 19.0 Å². The molecule has 2 aliphatic rings. The maximum atomic E-state index is 13.0. The van der Waals surface area contributed by atoms with E-state index in [2.05, 4.69) is 40.1 Å². The van der Waals surface area contributed by atoms with E-state index in [4.69, 9.17) is 0 Å². The Morgan fingerprint density at radius 1 is 0.931 bits per heavy atom. The van der Waals surface area contributed by atoms with Crippen LogP contribution in [0.1, 0.15) is 31.2 Å². The van der Waals surface area contributed by atoms with Gasteiger partial charge in [0.05, 0.1) is 0 Å². The molecule has 0 unspecified atom stereocenters. The van der Waals surface area contributed by atoms with Crippen LogP contribution in [0, 0.1) is 5.92 Å². The molecule has 6 heteroatoms. The molecule has 2 heterocycles. The zero-order valence-corrected chi connectivity index (χ0v) is 18.1. The van der Waals surface area contributed by atoms with Crippen molar-refractivity contribution in [3.63, 3.8) is 0 Å². The number of urea groups is 1. The molecular formula is C23H36N4O2. The van der Waals surface area contributed by atoms with Gasteiger partial charge in [-0.25, -0.2) is 4.79 Å². The fraction of sp³-hybridized carbons (Fsp3) is 0.652. The van der Waals surface area contributed by atoms with Crippen molar-refractivity contribution in [3.8, 4) is 0 Å². The predicted octanol–water partition coefficient (Wildman–Crippen LogP) is 2.55. The number of hydrogen-bond acceptors (Lipinski definition) is 3. The molecule has 0 N–H and O–H groups in total. The van der Waals surface area contributed by atoms with Crippen molar-refractivity contribution < 1.29 is 9.59 Å². The largest absolute Gasteiger partial charge is 0.341 e. The van der Waals surface area contributed by atoms with E-state index in [1.807, 2.05) is 4.90 Å². The number of carbonyl (C=O) groups excluding carboxylic acids is 2. The maximum absolute atomic E-state index is 13.0. The van der Waals surface area contributed by atoms with E-state index in [-0.39, 0.29) is 11.9 Å². The number of rotatable bonds is 5. The van der Waals surface area contributed by atoms with Crippen LogP contribution >= 0.6 is 0 Å². The maximum Gasteiger partial charge on any atom is 0.319 e. The van der Waals surface area contributed by atoms with Gasteiger partial charge in [0, 0.05) is 52.7 Å². The van der Waals surface area contributed by atoms with E-state index < -0.39 is 0 Å². The van der Waals surface area contributed by atoms with Gasteiger partial charge < -0.3 is 19.6 Å². The number of nitrogens with zero attached hydrogens (tertiary/aromatic N) is 4. The van der Waals surface area contributed by atoms with Gasteiger partial charge in [0.15, 0.2) is 0 Å². The standard InChI is InChI=1S/C23H36N4O2/c1-24(2)23(29)27-16-11-21(12-17-27)22(28)26-15-7-14-25(18-19-26)13-6-10-20-8-4-3-5-9-20/h3-5,8-9,21H,6-7,10-19H2,1-2H3. The normalized spacial score (nSPS) is 19.1. The highest BCUT2D eigenvalue weighted by Crippen LogP contribution is 2.21. The van der Waals surface area contributed by atoms with Crippen LogP contribution in [-0.2, 0) is 11.2 Å². The third-order valence-electron chi connectivity index (χ3n) is 6.18. The van der Waals surface area contributed by atoms with E-state index in [0.717, 1.165) is 64.8 Å². The molecule has 0 saturated carbocycles. The lowest BCUT2D eigenvalue weighted by atomic mass is 9.95. The Hall–Kier alpha value is -2.08. The number of benzene rings is 1. The summed E-state index contributed by atoms with van der Waals surface area (Å²) in [6.45, 7) is 6.22. The van der Waals surface area contributed by atoms with E-state index in [9.17, 15) is 9.59 Å². The van der Waals surface area contributed by atoms with Gasteiger partial charge in [-0.2, -0.15) is 0 Å². The van der Waals surface area contributed by atoms with Crippen molar-refractivity contribution in [1.29, 1.82) is 0 Å². The molecule has 6 nitrogen and oxygen atoms in total. The molecule has 1 aromatic rings. The molecule has 2 saturated heterocycles. The first-order valence-electron chi connectivity index (χ1n) is 11.1. The molecule has 0 bridgehead atoms.